The molecule has 1 aromatic carbocycles. The van der Waals surface area contributed by atoms with Gasteiger partial charge in [-0.15, -0.1) is 0 Å². The lowest BCUT2D eigenvalue weighted by atomic mass is 9.95. The average Bonchev–Trinajstić information content (AvgIpc) is 2.69. The predicted molar refractivity (Wildman–Crippen MR) is 63.7 cm³/mol. The molecule has 82 valence electrons. The number of nitrogens with one attached hydrogen (secondary N) is 1. The van der Waals surface area contributed by atoms with Crippen LogP contribution in [0.3, 0.4) is 0 Å². The van der Waals surface area contributed by atoms with E-state index in [4.69, 9.17) is 4.74 Å². The minimum absolute atomic E-state index is 0.676. The second-order valence-electron chi connectivity index (χ2n) is 4.14. The van der Waals surface area contributed by atoms with Crippen molar-refractivity contribution in [3.63, 3.8) is 0 Å². The van der Waals surface area contributed by atoms with Gasteiger partial charge in [-0.25, -0.2) is 0 Å². The van der Waals surface area contributed by atoms with Gasteiger partial charge in [0.25, 0.3) is 0 Å². The van der Waals surface area contributed by atoms with Crippen LogP contribution < -0.4 is 10.1 Å². The number of fused-ring (bicyclic) bond motifs is 1. The highest BCUT2D eigenvalue weighted by Crippen LogP contribution is 2.40. The SMILES string of the molecule is CCCCC1CNc2c(OC)cccc21. The Kier molecular flexibility index (Phi) is 3.14. The number of ether oxygens (including phenoxy) is 1. The van der Waals surface area contributed by atoms with E-state index in [2.05, 4.69) is 24.4 Å². The van der Waals surface area contributed by atoms with Crippen molar-refractivity contribution in [3.8, 4) is 5.75 Å². The first-order valence-electron chi connectivity index (χ1n) is 5.77. The highest BCUT2D eigenvalue weighted by Gasteiger charge is 2.23. The first-order chi connectivity index (χ1) is 7.36. The van der Waals surface area contributed by atoms with Gasteiger partial charge in [0.15, 0.2) is 0 Å². The minimum atomic E-state index is 0.676. The standard InChI is InChI=1S/C13H19NO/c1-3-4-6-10-9-14-13-11(10)7-5-8-12(13)15-2/h5,7-8,10,14H,3-4,6,9H2,1-2H3. The van der Waals surface area contributed by atoms with E-state index in [9.17, 15) is 0 Å². The molecule has 0 bridgehead atoms. The number of hydrogen-bond acceptors (Lipinski definition) is 2. The van der Waals surface area contributed by atoms with E-state index in [0.717, 1.165) is 12.3 Å². The molecule has 0 saturated carbocycles. The minimum Gasteiger partial charge on any atom is -0.495 e. The van der Waals surface area contributed by atoms with Gasteiger partial charge in [0.2, 0.25) is 0 Å². The summed E-state index contributed by atoms with van der Waals surface area (Å²) >= 11 is 0. The fourth-order valence-corrected chi connectivity index (χ4v) is 2.29. The van der Waals surface area contributed by atoms with Gasteiger partial charge in [-0.2, -0.15) is 0 Å². The van der Waals surface area contributed by atoms with E-state index >= 15 is 0 Å². The molecular formula is C13H19NO. The van der Waals surface area contributed by atoms with Crippen LogP contribution in [0.4, 0.5) is 5.69 Å². The molecule has 0 spiro atoms. The van der Waals surface area contributed by atoms with Crippen molar-refractivity contribution >= 4 is 5.69 Å². The number of unbranched alkanes of at least 4 members (excludes halogenated alkanes) is 1. The Hall–Kier alpha value is -1.18. The molecule has 1 unspecified atom stereocenters. The van der Waals surface area contributed by atoms with Crippen LogP contribution in [-0.2, 0) is 0 Å². The van der Waals surface area contributed by atoms with Gasteiger partial charge in [-0.05, 0) is 18.1 Å². The van der Waals surface area contributed by atoms with Crippen LogP contribution in [0.1, 0.15) is 37.7 Å². The van der Waals surface area contributed by atoms with Crippen molar-refractivity contribution in [1.82, 2.24) is 0 Å². The lowest BCUT2D eigenvalue weighted by Crippen LogP contribution is -2.01. The summed E-state index contributed by atoms with van der Waals surface area (Å²) < 4.78 is 5.35. The van der Waals surface area contributed by atoms with Gasteiger partial charge in [-0.1, -0.05) is 31.9 Å². The monoisotopic (exact) mass is 205 g/mol. The molecule has 0 aromatic heterocycles. The predicted octanol–water partition coefficient (Wildman–Crippen LogP) is 3.39. The summed E-state index contributed by atoms with van der Waals surface area (Å²) in [6, 6.07) is 6.33. The largest absolute Gasteiger partial charge is 0.495 e. The van der Waals surface area contributed by atoms with E-state index < -0.39 is 0 Å². The number of hydrogen-bond donors (Lipinski definition) is 1. The zero-order valence-corrected chi connectivity index (χ0v) is 9.55. The zero-order chi connectivity index (χ0) is 10.7. The molecule has 1 N–H and O–H groups in total. The maximum atomic E-state index is 5.35. The third-order valence-corrected chi connectivity index (χ3v) is 3.15. The maximum Gasteiger partial charge on any atom is 0.142 e. The second kappa shape index (κ2) is 4.56. The van der Waals surface area contributed by atoms with Crippen LogP contribution >= 0.6 is 0 Å². The normalized spacial score (nSPS) is 18.4. The molecule has 2 heteroatoms. The molecule has 2 rings (SSSR count). The topological polar surface area (TPSA) is 21.3 Å². The smallest absolute Gasteiger partial charge is 0.142 e. The van der Waals surface area contributed by atoms with Gasteiger partial charge < -0.3 is 10.1 Å². The van der Waals surface area contributed by atoms with Crippen LogP contribution in [-0.4, -0.2) is 13.7 Å². The van der Waals surface area contributed by atoms with Crippen LogP contribution in [0.5, 0.6) is 5.75 Å². The Morgan fingerprint density at radius 2 is 2.33 bits per heavy atom. The summed E-state index contributed by atoms with van der Waals surface area (Å²) in [6.07, 6.45) is 3.86. The molecule has 2 nitrogen and oxygen atoms in total. The van der Waals surface area contributed by atoms with E-state index in [1.165, 1.54) is 30.5 Å². The van der Waals surface area contributed by atoms with Crippen LogP contribution in [0, 0.1) is 0 Å². The fourth-order valence-electron chi connectivity index (χ4n) is 2.29. The highest BCUT2D eigenvalue weighted by atomic mass is 16.5. The van der Waals surface area contributed by atoms with Gasteiger partial charge in [-0.3, -0.25) is 0 Å². The molecule has 0 amide bonds. The Bertz CT molecular complexity index is 335. The lowest BCUT2D eigenvalue weighted by molar-refractivity contribution is 0.416. The lowest BCUT2D eigenvalue weighted by Gasteiger charge is -2.09. The molecule has 0 radical (unpaired) electrons. The summed E-state index contributed by atoms with van der Waals surface area (Å²) in [5, 5.41) is 3.45. The molecule has 1 heterocycles. The average molecular weight is 205 g/mol. The Morgan fingerprint density at radius 1 is 1.47 bits per heavy atom. The van der Waals surface area contributed by atoms with Crippen molar-refractivity contribution in [3.05, 3.63) is 23.8 Å². The fraction of sp³-hybridized carbons (Fsp3) is 0.538. The number of anilines is 1. The molecule has 0 aliphatic carbocycles. The first kappa shape index (κ1) is 10.3. The van der Waals surface area contributed by atoms with Gasteiger partial charge in [0.05, 0.1) is 12.8 Å². The van der Waals surface area contributed by atoms with Crippen molar-refractivity contribution in [1.29, 1.82) is 0 Å². The van der Waals surface area contributed by atoms with E-state index in [1.807, 2.05) is 6.07 Å². The van der Waals surface area contributed by atoms with Crippen LogP contribution in [0.15, 0.2) is 18.2 Å². The summed E-state index contributed by atoms with van der Waals surface area (Å²) in [7, 11) is 1.73. The number of methoxy groups -OCH3 is 1. The van der Waals surface area contributed by atoms with Crippen molar-refractivity contribution < 1.29 is 4.74 Å². The first-order valence-corrected chi connectivity index (χ1v) is 5.77. The van der Waals surface area contributed by atoms with Crippen molar-refractivity contribution in [2.24, 2.45) is 0 Å². The summed E-state index contributed by atoms with van der Waals surface area (Å²) in [5.74, 6) is 1.65. The Labute approximate surface area is 91.6 Å². The van der Waals surface area contributed by atoms with E-state index in [0.29, 0.717) is 5.92 Å². The van der Waals surface area contributed by atoms with Crippen molar-refractivity contribution in [2.45, 2.75) is 32.1 Å². The summed E-state index contributed by atoms with van der Waals surface area (Å²) in [6.45, 7) is 3.31. The Morgan fingerprint density at radius 3 is 3.07 bits per heavy atom. The quantitative estimate of drug-likeness (QED) is 0.813. The van der Waals surface area contributed by atoms with Gasteiger partial charge in [0.1, 0.15) is 5.75 Å². The second-order valence-corrected chi connectivity index (χ2v) is 4.14. The molecule has 0 saturated heterocycles. The van der Waals surface area contributed by atoms with E-state index in [-0.39, 0.29) is 0 Å². The zero-order valence-electron chi connectivity index (χ0n) is 9.55. The van der Waals surface area contributed by atoms with Crippen LogP contribution in [0.2, 0.25) is 0 Å². The summed E-state index contributed by atoms with van der Waals surface area (Å²) in [5.41, 5.74) is 2.64. The molecule has 1 aliphatic rings. The molecule has 15 heavy (non-hydrogen) atoms. The third-order valence-electron chi connectivity index (χ3n) is 3.15. The van der Waals surface area contributed by atoms with Gasteiger partial charge in [0, 0.05) is 12.5 Å². The number of rotatable bonds is 4. The van der Waals surface area contributed by atoms with Gasteiger partial charge >= 0.3 is 0 Å². The molecule has 1 aliphatic heterocycles. The summed E-state index contributed by atoms with van der Waals surface area (Å²) in [4.78, 5) is 0. The highest BCUT2D eigenvalue weighted by molar-refractivity contribution is 5.66. The number of benzene rings is 1. The third kappa shape index (κ3) is 1.94. The Balaban J connectivity index is 2.19. The van der Waals surface area contributed by atoms with E-state index in [1.54, 1.807) is 7.11 Å². The number of para-hydroxylation sites is 1. The van der Waals surface area contributed by atoms with Crippen molar-refractivity contribution in [2.75, 3.05) is 19.0 Å². The van der Waals surface area contributed by atoms with Crippen LogP contribution in [0.25, 0.3) is 0 Å². The molecular weight excluding hydrogens is 186 g/mol. The molecule has 1 atom stereocenters. The maximum absolute atomic E-state index is 5.35. The molecule has 0 fully saturated rings. The molecule has 1 aromatic rings.